The molecule has 1 N–H and O–H groups in total. The SMILES string of the molecule is c1ncc2c3c(sc2n1)-c1cn[nH]c1CC3. The summed E-state index contributed by atoms with van der Waals surface area (Å²) >= 11 is 1.74. The van der Waals surface area contributed by atoms with Gasteiger partial charge in [-0.05, 0) is 18.4 Å². The number of aryl methyl sites for hydroxylation is 2. The third-order valence-corrected chi connectivity index (χ3v) is 4.25. The maximum absolute atomic E-state index is 4.32. The first-order chi connectivity index (χ1) is 7.93. The highest BCUT2D eigenvalue weighted by Crippen LogP contribution is 2.41. The van der Waals surface area contributed by atoms with Crippen molar-refractivity contribution < 1.29 is 0 Å². The first-order valence-electron chi connectivity index (χ1n) is 5.17. The second-order valence-corrected chi connectivity index (χ2v) is 4.91. The molecule has 1 aliphatic carbocycles. The van der Waals surface area contributed by atoms with E-state index in [1.807, 2.05) is 12.4 Å². The van der Waals surface area contributed by atoms with Crippen LogP contribution >= 0.6 is 11.3 Å². The minimum absolute atomic E-state index is 1.03. The van der Waals surface area contributed by atoms with Crippen molar-refractivity contribution in [2.24, 2.45) is 0 Å². The van der Waals surface area contributed by atoms with Crippen molar-refractivity contribution in [3.05, 3.63) is 30.0 Å². The number of H-pyrrole nitrogens is 1. The first kappa shape index (κ1) is 8.41. The highest BCUT2D eigenvalue weighted by Gasteiger charge is 2.22. The molecular formula is C11H8N4S. The van der Waals surface area contributed by atoms with Crippen LogP contribution in [0.4, 0.5) is 0 Å². The summed E-state index contributed by atoms with van der Waals surface area (Å²) in [5, 5.41) is 8.39. The van der Waals surface area contributed by atoms with Crippen molar-refractivity contribution in [3.63, 3.8) is 0 Å². The molecule has 0 saturated carbocycles. The van der Waals surface area contributed by atoms with Crippen LogP contribution in [0, 0.1) is 0 Å². The molecule has 0 unspecified atom stereocenters. The van der Waals surface area contributed by atoms with Crippen molar-refractivity contribution in [1.29, 1.82) is 0 Å². The van der Waals surface area contributed by atoms with Gasteiger partial charge in [0.2, 0.25) is 0 Å². The van der Waals surface area contributed by atoms with E-state index in [0.717, 1.165) is 17.7 Å². The highest BCUT2D eigenvalue weighted by atomic mass is 32.1. The van der Waals surface area contributed by atoms with Gasteiger partial charge in [-0.2, -0.15) is 5.10 Å². The van der Waals surface area contributed by atoms with E-state index in [9.17, 15) is 0 Å². The normalized spacial score (nSPS) is 13.8. The van der Waals surface area contributed by atoms with Crippen molar-refractivity contribution in [2.75, 3.05) is 0 Å². The fourth-order valence-corrected chi connectivity index (χ4v) is 3.50. The predicted octanol–water partition coefficient (Wildman–Crippen LogP) is 2.18. The van der Waals surface area contributed by atoms with Crippen LogP contribution in [0.5, 0.6) is 0 Å². The molecule has 0 bridgehead atoms. The Hall–Kier alpha value is -1.75. The van der Waals surface area contributed by atoms with Gasteiger partial charge < -0.3 is 0 Å². The summed E-state index contributed by atoms with van der Waals surface area (Å²) in [5.41, 5.74) is 3.87. The third kappa shape index (κ3) is 0.957. The Labute approximate surface area is 95.4 Å². The average Bonchev–Trinajstić information content (AvgIpc) is 2.92. The second-order valence-electron chi connectivity index (χ2n) is 3.91. The van der Waals surface area contributed by atoms with Crippen LogP contribution in [-0.4, -0.2) is 20.2 Å². The van der Waals surface area contributed by atoms with E-state index in [1.165, 1.54) is 27.1 Å². The topological polar surface area (TPSA) is 54.5 Å². The molecule has 4 rings (SSSR count). The smallest absolute Gasteiger partial charge is 0.127 e. The van der Waals surface area contributed by atoms with Gasteiger partial charge in [0.15, 0.2) is 0 Å². The monoisotopic (exact) mass is 228 g/mol. The number of hydrogen-bond donors (Lipinski definition) is 1. The largest absolute Gasteiger partial charge is 0.282 e. The van der Waals surface area contributed by atoms with Gasteiger partial charge in [0.25, 0.3) is 0 Å². The molecule has 4 nitrogen and oxygen atoms in total. The van der Waals surface area contributed by atoms with E-state index >= 15 is 0 Å². The lowest BCUT2D eigenvalue weighted by atomic mass is 9.96. The summed E-state index contributed by atoms with van der Waals surface area (Å²) in [5.74, 6) is 0. The van der Waals surface area contributed by atoms with Gasteiger partial charge in [0.1, 0.15) is 11.2 Å². The summed E-state index contributed by atoms with van der Waals surface area (Å²) in [4.78, 5) is 10.8. The molecular weight excluding hydrogens is 220 g/mol. The lowest BCUT2D eigenvalue weighted by Gasteiger charge is -2.10. The minimum atomic E-state index is 1.03. The van der Waals surface area contributed by atoms with Gasteiger partial charge in [-0.25, -0.2) is 9.97 Å². The Balaban J connectivity index is 2.13. The van der Waals surface area contributed by atoms with Gasteiger partial charge in [0, 0.05) is 27.7 Å². The van der Waals surface area contributed by atoms with Crippen molar-refractivity contribution in [3.8, 4) is 10.4 Å². The van der Waals surface area contributed by atoms with E-state index in [1.54, 1.807) is 17.7 Å². The summed E-state index contributed by atoms with van der Waals surface area (Å²) < 4.78 is 0. The number of aromatic nitrogens is 4. The fourth-order valence-electron chi connectivity index (χ4n) is 2.30. The molecule has 5 heteroatoms. The number of nitrogens with one attached hydrogen (secondary N) is 1. The quantitative estimate of drug-likeness (QED) is 0.641. The zero-order valence-corrected chi connectivity index (χ0v) is 9.21. The third-order valence-electron chi connectivity index (χ3n) is 3.06. The standard InChI is InChI=1S/C11H8N4S/c1-2-9-8(4-14-15-9)10-6(1)7-3-12-5-13-11(7)16-10/h3-5H,1-2H2,(H,14,15). The molecule has 3 aromatic heterocycles. The maximum atomic E-state index is 4.32. The van der Waals surface area contributed by atoms with Crippen LogP contribution < -0.4 is 0 Å². The Bertz CT molecular complexity index is 682. The van der Waals surface area contributed by atoms with Gasteiger partial charge >= 0.3 is 0 Å². The molecule has 0 spiro atoms. The van der Waals surface area contributed by atoms with E-state index < -0.39 is 0 Å². The Morgan fingerprint density at radius 1 is 1.25 bits per heavy atom. The minimum Gasteiger partial charge on any atom is -0.282 e. The summed E-state index contributed by atoms with van der Waals surface area (Å²) in [7, 11) is 0. The van der Waals surface area contributed by atoms with Crippen LogP contribution in [0.3, 0.4) is 0 Å². The lowest BCUT2D eigenvalue weighted by Crippen LogP contribution is -2.00. The Morgan fingerprint density at radius 3 is 3.25 bits per heavy atom. The summed E-state index contributed by atoms with van der Waals surface area (Å²) in [6.45, 7) is 0. The molecule has 3 heterocycles. The fraction of sp³-hybridized carbons (Fsp3) is 0.182. The van der Waals surface area contributed by atoms with E-state index in [0.29, 0.717) is 0 Å². The molecule has 0 aliphatic heterocycles. The number of hydrogen-bond acceptors (Lipinski definition) is 4. The number of rotatable bonds is 0. The zero-order valence-electron chi connectivity index (χ0n) is 8.40. The van der Waals surface area contributed by atoms with Crippen LogP contribution in [-0.2, 0) is 12.8 Å². The van der Waals surface area contributed by atoms with Crippen LogP contribution in [0.2, 0.25) is 0 Å². The van der Waals surface area contributed by atoms with Gasteiger partial charge in [-0.1, -0.05) is 0 Å². The van der Waals surface area contributed by atoms with E-state index in [4.69, 9.17) is 0 Å². The molecule has 16 heavy (non-hydrogen) atoms. The summed E-state index contributed by atoms with van der Waals surface area (Å²) in [6.07, 6.45) is 7.53. The van der Waals surface area contributed by atoms with Crippen LogP contribution in [0.15, 0.2) is 18.7 Å². The molecule has 0 amide bonds. The van der Waals surface area contributed by atoms with Crippen molar-refractivity contribution in [1.82, 2.24) is 20.2 Å². The summed E-state index contributed by atoms with van der Waals surface area (Å²) in [6, 6.07) is 0. The van der Waals surface area contributed by atoms with Gasteiger partial charge in [0.05, 0.1) is 6.20 Å². The second kappa shape index (κ2) is 2.89. The molecule has 0 fully saturated rings. The average molecular weight is 228 g/mol. The Morgan fingerprint density at radius 2 is 2.25 bits per heavy atom. The van der Waals surface area contributed by atoms with Gasteiger partial charge in [-0.3, -0.25) is 5.10 Å². The van der Waals surface area contributed by atoms with E-state index in [2.05, 4.69) is 20.2 Å². The zero-order chi connectivity index (χ0) is 10.5. The molecule has 0 aromatic carbocycles. The molecule has 78 valence electrons. The molecule has 0 atom stereocenters. The number of thiophene rings is 1. The lowest BCUT2D eigenvalue weighted by molar-refractivity contribution is 0.890. The van der Waals surface area contributed by atoms with Crippen LogP contribution in [0.25, 0.3) is 20.7 Å². The maximum Gasteiger partial charge on any atom is 0.127 e. The molecule has 0 radical (unpaired) electrons. The Kier molecular flexibility index (Phi) is 1.52. The number of aromatic amines is 1. The molecule has 3 aromatic rings. The van der Waals surface area contributed by atoms with Crippen molar-refractivity contribution in [2.45, 2.75) is 12.8 Å². The van der Waals surface area contributed by atoms with Gasteiger partial charge in [-0.15, -0.1) is 11.3 Å². The predicted molar refractivity (Wildman–Crippen MR) is 62.4 cm³/mol. The number of nitrogens with zero attached hydrogens (tertiary/aromatic N) is 3. The first-order valence-corrected chi connectivity index (χ1v) is 5.99. The number of fused-ring (bicyclic) bond motifs is 5. The van der Waals surface area contributed by atoms with E-state index in [-0.39, 0.29) is 0 Å². The molecule has 1 aliphatic rings. The van der Waals surface area contributed by atoms with Crippen LogP contribution in [0.1, 0.15) is 11.3 Å². The molecule has 0 saturated heterocycles. The van der Waals surface area contributed by atoms with Crippen molar-refractivity contribution >= 4 is 21.6 Å². The highest BCUT2D eigenvalue weighted by molar-refractivity contribution is 7.22.